The first-order chi connectivity index (χ1) is 31.7. The van der Waals surface area contributed by atoms with Crippen LogP contribution in [-0.4, -0.2) is 0 Å². The van der Waals surface area contributed by atoms with Crippen LogP contribution in [0.1, 0.15) is 40.2 Å². The van der Waals surface area contributed by atoms with E-state index in [2.05, 4.69) is 223 Å². The molecule has 1 aromatic heterocycles. The van der Waals surface area contributed by atoms with Crippen molar-refractivity contribution >= 4 is 42.9 Å². The monoisotopic (exact) mass is 833 g/mol. The highest BCUT2D eigenvalue weighted by Gasteiger charge is 2.52. The number of thiophene rings is 1. The predicted molar refractivity (Wildman–Crippen MR) is 266 cm³/mol. The van der Waals surface area contributed by atoms with Crippen LogP contribution in [0.4, 0.5) is 11.4 Å². The number of ether oxygens (including phenoxy) is 1. The van der Waals surface area contributed by atoms with Crippen molar-refractivity contribution in [3.63, 3.8) is 0 Å². The molecule has 3 heteroatoms. The van der Waals surface area contributed by atoms with Crippen LogP contribution >= 0.6 is 11.3 Å². The number of para-hydroxylation sites is 1. The zero-order valence-corrected chi connectivity index (χ0v) is 35.6. The summed E-state index contributed by atoms with van der Waals surface area (Å²) in [5.74, 6) is 2.16. The van der Waals surface area contributed by atoms with Crippen molar-refractivity contribution in [2.45, 2.75) is 17.8 Å². The second-order valence-corrected chi connectivity index (χ2v) is 18.5. The summed E-state index contributed by atoms with van der Waals surface area (Å²) in [7, 11) is 0. The van der Waals surface area contributed by atoms with Crippen LogP contribution in [0, 0.1) is 0 Å². The first kappa shape index (κ1) is 35.8. The third-order valence-electron chi connectivity index (χ3n) is 14.3. The largest absolute Gasteiger partial charge is 0.459 e. The predicted octanol–water partition coefficient (Wildman–Crippen LogP) is 16.2. The van der Waals surface area contributed by atoms with Gasteiger partial charge in [-0.1, -0.05) is 170 Å². The number of rotatable bonds is 5. The van der Waals surface area contributed by atoms with Gasteiger partial charge in [0.05, 0.1) is 17.0 Å². The Kier molecular flexibility index (Phi) is 7.64. The van der Waals surface area contributed by atoms with Gasteiger partial charge in [-0.2, -0.15) is 0 Å². The highest BCUT2D eigenvalue weighted by atomic mass is 32.1. The van der Waals surface area contributed by atoms with Crippen LogP contribution in [-0.2, 0) is 5.41 Å². The number of anilines is 2. The summed E-state index contributed by atoms with van der Waals surface area (Å²) in [4.78, 5) is 2.37. The second kappa shape index (κ2) is 13.6. The molecule has 1 atom stereocenters. The van der Waals surface area contributed by atoms with E-state index in [-0.39, 0.29) is 11.3 Å². The number of nitrogens with zero attached hydrogens (tertiary/aromatic N) is 1. The van der Waals surface area contributed by atoms with Crippen molar-refractivity contribution in [3.8, 4) is 50.3 Å². The summed E-state index contributed by atoms with van der Waals surface area (Å²) in [6.45, 7) is 0. The molecule has 0 fully saturated rings. The van der Waals surface area contributed by atoms with Gasteiger partial charge < -0.3 is 9.64 Å². The van der Waals surface area contributed by atoms with Crippen molar-refractivity contribution in [2.75, 3.05) is 4.90 Å². The molecule has 1 spiro atoms. The lowest BCUT2D eigenvalue weighted by Gasteiger charge is -2.30. The molecule has 1 unspecified atom stereocenters. The fourth-order valence-electron chi connectivity index (χ4n) is 11.5. The van der Waals surface area contributed by atoms with Crippen LogP contribution < -0.4 is 9.64 Å². The maximum absolute atomic E-state index is 6.70. The summed E-state index contributed by atoms with van der Waals surface area (Å²) in [6.07, 6.45) is 5.47. The molecule has 2 heterocycles. The highest BCUT2D eigenvalue weighted by Crippen LogP contribution is 2.64. The first-order valence-electron chi connectivity index (χ1n) is 22.3. The second-order valence-electron chi connectivity index (χ2n) is 17.4. The molecule has 14 rings (SSSR count). The Balaban J connectivity index is 0.878. The number of hydrogen-bond donors (Lipinski definition) is 0. The molecule has 4 aliphatic rings. The fraction of sp³-hybridized carbons (Fsp3) is 0.0492. The topological polar surface area (TPSA) is 12.5 Å². The van der Waals surface area contributed by atoms with Gasteiger partial charge in [-0.3, -0.25) is 0 Å². The molecule has 10 aromatic rings. The van der Waals surface area contributed by atoms with Crippen molar-refractivity contribution in [3.05, 3.63) is 258 Å². The highest BCUT2D eigenvalue weighted by molar-refractivity contribution is 7.26. The smallest absolute Gasteiger partial charge is 0.136 e. The average Bonchev–Trinajstić information content (AvgIpc) is 4.10. The molecule has 64 heavy (non-hydrogen) atoms. The molecule has 3 aliphatic carbocycles. The summed E-state index contributed by atoms with van der Waals surface area (Å²) in [5, 5.41) is 2.62. The van der Waals surface area contributed by atoms with Crippen LogP contribution in [0.2, 0.25) is 0 Å². The van der Waals surface area contributed by atoms with Gasteiger partial charge in [0.25, 0.3) is 0 Å². The van der Waals surface area contributed by atoms with Crippen molar-refractivity contribution in [1.29, 1.82) is 0 Å². The molecule has 0 saturated heterocycles. The minimum atomic E-state index is -0.340. The van der Waals surface area contributed by atoms with Gasteiger partial charge in [-0.25, -0.2) is 0 Å². The Morgan fingerprint density at radius 2 is 1.06 bits per heavy atom. The molecule has 300 valence electrons. The van der Waals surface area contributed by atoms with Gasteiger partial charge in [0.1, 0.15) is 11.5 Å². The molecular formula is C61H39NOS. The lowest BCUT2D eigenvalue weighted by atomic mass is 9.70. The number of fused-ring (bicyclic) bond motifs is 17. The third-order valence-corrected chi connectivity index (χ3v) is 15.5. The van der Waals surface area contributed by atoms with Gasteiger partial charge in [-0.15, -0.1) is 11.3 Å². The van der Waals surface area contributed by atoms with Crippen molar-refractivity contribution in [1.82, 2.24) is 0 Å². The molecule has 0 N–H and O–H groups in total. The lowest BCUT2D eigenvalue weighted by Crippen LogP contribution is -2.25. The molecule has 2 nitrogen and oxygen atoms in total. The minimum Gasteiger partial charge on any atom is -0.459 e. The van der Waals surface area contributed by atoms with Gasteiger partial charge in [0.2, 0.25) is 0 Å². The normalized spacial score (nSPS) is 15.7. The Morgan fingerprint density at radius 3 is 1.78 bits per heavy atom. The summed E-state index contributed by atoms with van der Waals surface area (Å²) >= 11 is 1.93. The maximum atomic E-state index is 6.70. The van der Waals surface area contributed by atoms with Gasteiger partial charge in [0, 0.05) is 42.7 Å². The number of allylic oxidation sites excluding steroid dienone is 3. The number of benzene rings is 9. The van der Waals surface area contributed by atoms with E-state index in [0.717, 1.165) is 35.0 Å². The van der Waals surface area contributed by atoms with Crippen LogP contribution in [0.15, 0.2) is 230 Å². The van der Waals surface area contributed by atoms with Crippen LogP contribution in [0.5, 0.6) is 5.75 Å². The van der Waals surface area contributed by atoms with E-state index in [1.54, 1.807) is 0 Å². The summed E-state index contributed by atoms with van der Waals surface area (Å²) in [5.41, 5.74) is 19.9. The molecule has 0 amide bonds. The number of hydrogen-bond acceptors (Lipinski definition) is 3. The minimum absolute atomic E-state index is 0.193. The van der Waals surface area contributed by atoms with Crippen molar-refractivity contribution in [2.24, 2.45) is 0 Å². The Bertz CT molecular complexity index is 3570. The molecule has 9 aromatic carbocycles. The van der Waals surface area contributed by atoms with E-state index in [9.17, 15) is 0 Å². The SMILES string of the molecule is C1=CC(N(c2ccc(-c3ccccc3)cc2)c2ccc(-c3ccc4sc5c6c(ccc5c4c3)C3(c4ccccc4-c4ccccc43)c3ccccc3-6)cc2)=C2Oc3ccccc3C2C1. The fourth-order valence-corrected chi connectivity index (χ4v) is 12.7. The van der Waals surface area contributed by atoms with E-state index >= 15 is 0 Å². The van der Waals surface area contributed by atoms with E-state index in [1.165, 1.54) is 92.5 Å². The third kappa shape index (κ3) is 4.96. The molecular weight excluding hydrogens is 795 g/mol. The molecule has 0 bridgehead atoms. The summed E-state index contributed by atoms with van der Waals surface area (Å²) < 4.78 is 9.37. The molecule has 0 saturated carbocycles. The maximum Gasteiger partial charge on any atom is 0.136 e. The van der Waals surface area contributed by atoms with Crippen molar-refractivity contribution < 1.29 is 4.74 Å². The molecule has 0 radical (unpaired) electrons. The Morgan fingerprint density at radius 1 is 0.484 bits per heavy atom. The van der Waals surface area contributed by atoms with Gasteiger partial charge in [0.15, 0.2) is 0 Å². The lowest BCUT2D eigenvalue weighted by molar-refractivity contribution is 0.418. The van der Waals surface area contributed by atoms with E-state index in [4.69, 9.17) is 4.74 Å². The quantitative estimate of drug-likeness (QED) is 0.171. The Hall–Kier alpha value is -7.72. The standard InChI is InChI=1S/C61H39NOS/c1-2-13-38(14-3-1)39-25-30-42(31-26-39)62(55-23-12-19-47-46-17-7-11-24-56(46)63-59(47)55)43-32-27-40(28-33-43)41-29-36-57-50(37-41)48-34-35-54-58(60(48)64-57)49-18-6-10-22-53(49)61(54)51-20-8-4-15-44(51)45-16-5-9-21-52(45)61/h1-18,20-37,47H,19H2. The van der Waals surface area contributed by atoms with Crippen LogP contribution in [0.25, 0.3) is 64.7 Å². The zero-order chi connectivity index (χ0) is 41.9. The zero-order valence-electron chi connectivity index (χ0n) is 34.8. The first-order valence-corrected chi connectivity index (χ1v) is 23.1. The van der Waals surface area contributed by atoms with E-state index < -0.39 is 0 Å². The molecule has 1 aliphatic heterocycles. The van der Waals surface area contributed by atoms with E-state index in [0.29, 0.717) is 0 Å². The van der Waals surface area contributed by atoms with Gasteiger partial charge in [-0.05, 0) is 116 Å². The average molecular weight is 834 g/mol. The Labute approximate surface area is 376 Å². The summed E-state index contributed by atoms with van der Waals surface area (Å²) in [6, 6.07) is 76.3. The van der Waals surface area contributed by atoms with Crippen LogP contribution in [0.3, 0.4) is 0 Å². The van der Waals surface area contributed by atoms with Gasteiger partial charge >= 0.3 is 0 Å². The van der Waals surface area contributed by atoms with E-state index in [1.807, 2.05) is 11.3 Å².